The van der Waals surface area contributed by atoms with Crippen molar-refractivity contribution in [2.45, 2.75) is 38.7 Å². The standard InChI is InChI=1S/C24H24BrN5O6S/c1-11-7-15-16(8-12(11)2)30(9-17(32)20(34)18(33)10-31)23(36)19(26-15)21(35)27-24-29-28-22(37-24)13-3-5-14(25)6-4-13/h3-8,17-18,20,31-34H,9-10H2,1-2H3,(H,27,29,35)/t17-,18+,20-/m0/s1. The van der Waals surface area contributed by atoms with Gasteiger partial charge in [-0.1, -0.05) is 39.4 Å². The predicted octanol–water partition coefficient (Wildman–Crippen LogP) is 1.62. The van der Waals surface area contributed by atoms with Gasteiger partial charge in [-0.2, -0.15) is 0 Å². The van der Waals surface area contributed by atoms with E-state index in [0.717, 1.165) is 37.1 Å². The molecule has 2 aromatic heterocycles. The van der Waals surface area contributed by atoms with Crippen LogP contribution in [0.25, 0.3) is 21.6 Å². The maximum atomic E-state index is 13.4. The molecule has 0 saturated carbocycles. The van der Waals surface area contributed by atoms with Crippen molar-refractivity contribution in [2.24, 2.45) is 0 Å². The van der Waals surface area contributed by atoms with E-state index in [1.54, 1.807) is 12.1 Å². The zero-order valence-corrected chi connectivity index (χ0v) is 22.2. The summed E-state index contributed by atoms with van der Waals surface area (Å²) in [4.78, 5) is 30.8. The molecule has 0 spiro atoms. The molecule has 0 aliphatic heterocycles. The maximum absolute atomic E-state index is 13.4. The van der Waals surface area contributed by atoms with E-state index < -0.39 is 48.6 Å². The van der Waals surface area contributed by atoms with E-state index >= 15 is 0 Å². The van der Waals surface area contributed by atoms with Crippen LogP contribution < -0.4 is 10.9 Å². The quantitative estimate of drug-likeness (QED) is 0.205. The summed E-state index contributed by atoms with van der Waals surface area (Å²) in [5.74, 6) is -0.817. The first-order valence-corrected chi connectivity index (χ1v) is 12.8. The minimum Gasteiger partial charge on any atom is -0.394 e. The number of fused-ring (bicyclic) bond motifs is 1. The highest BCUT2D eigenvalue weighted by Crippen LogP contribution is 2.27. The molecule has 1 amide bonds. The van der Waals surface area contributed by atoms with Gasteiger partial charge < -0.3 is 25.0 Å². The molecular weight excluding hydrogens is 566 g/mol. The monoisotopic (exact) mass is 589 g/mol. The van der Waals surface area contributed by atoms with Gasteiger partial charge in [0.1, 0.15) is 23.3 Å². The number of benzene rings is 2. The Balaban J connectivity index is 1.70. The summed E-state index contributed by atoms with van der Waals surface area (Å²) in [5.41, 5.74) is 1.93. The number of carbonyl (C=O) groups excluding carboxylic acids is 1. The van der Waals surface area contributed by atoms with E-state index in [1.165, 1.54) is 0 Å². The molecule has 2 heterocycles. The summed E-state index contributed by atoms with van der Waals surface area (Å²) >= 11 is 4.49. The van der Waals surface area contributed by atoms with Crippen molar-refractivity contribution in [3.63, 3.8) is 0 Å². The average Bonchev–Trinajstić information content (AvgIpc) is 3.34. The Morgan fingerprint density at radius 3 is 2.43 bits per heavy atom. The zero-order valence-electron chi connectivity index (χ0n) is 19.8. The maximum Gasteiger partial charge on any atom is 0.282 e. The molecule has 37 heavy (non-hydrogen) atoms. The van der Waals surface area contributed by atoms with Crippen LogP contribution in [0.4, 0.5) is 5.13 Å². The zero-order chi connectivity index (χ0) is 26.9. The van der Waals surface area contributed by atoms with Crippen LogP contribution in [-0.2, 0) is 6.54 Å². The molecule has 2 aromatic carbocycles. The number of rotatable bonds is 8. The number of nitrogens with zero attached hydrogens (tertiary/aromatic N) is 4. The number of anilines is 1. The van der Waals surface area contributed by atoms with Crippen LogP contribution in [0, 0.1) is 13.8 Å². The lowest BCUT2D eigenvalue weighted by Gasteiger charge is -2.23. The predicted molar refractivity (Wildman–Crippen MR) is 142 cm³/mol. The van der Waals surface area contributed by atoms with Gasteiger partial charge in [-0.25, -0.2) is 4.98 Å². The van der Waals surface area contributed by atoms with E-state index in [1.807, 2.05) is 38.1 Å². The van der Waals surface area contributed by atoms with E-state index in [0.29, 0.717) is 16.0 Å². The Morgan fingerprint density at radius 1 is 1.08 bits per heavy atom. The third-order valence-corrected chi connectivity index (χ3v) is 7.27. The summed E-state index contributed by atoms with van der Waals surface area (Å²) in [6, 6.07) is 10.8. The Labute approximate surface area is 223 Å². The van der Waals surface area contributed by atoms with Crippen molar-refractivity contribution in [3.8, 4) is 10.6 Å². The number of aliphatic hydroxyl groups is 4. The van der Waals surface area contributed by atoms with Crippen LogP contribution in [0.3, 0.4) is 0 Å². The molecule has 4 rings (SSSR count). The van der Waals surface area contributed by atoms with Gasteiger partial charge in [0, 0.05) is 10.0 Å². The summed E-state index contributed by atoms with van der Waals surface area (Å²) in [5, 5.41) is 50.7. The first-order valence-electron chi connectivity index (χ1n) is 11.2. The van der Waals surface area contributed by atoms with Gasteiger partial charge in [-0.15, -0.1) is 10.2 Å². The first-order chi connectivity index (χ1) is 17.6. The molecule has 194 valence electrons. The fraction of sp³-hybridized carbons (Fsp3) is 0.292. The van der Waals surface area contributed by atoms with Crippen molar-refractivity contribution in [2.75, 3.05) is 11.9 Å². The van der Waals surface area contributed by atoms with Crippen LogP contribution in [0.5, 0.6) is 0 Å². The summed E-state index contributed by atoms with van der Waals surface area (Å²) in [7, 11) is 0. The molecule has 13 heteroatoms. The van der Waals surface area contributed by atoms with Gasteiger partial charge in [0.05, 0.1) is 24.2 Å². The lowest BCUT2D eigenvalue weighted by atomic mass is 10.1. The van der Waals surface area contributed by atoms with Crippen LogP contribution in [0.15, 0.2) is 45.7 Å². The fourth-order valence-corrected chi connectivity index (χ4v) is 4.63. The molecule has 3 atom stereocenters. The van der Waals surface area contributed by atoms with E-state index in [2.05, 4.69) is 36.4 Å². The van der Waals surface area contributed by atoms with Crippen molar-refractivity contribution in [1.82, 2.24) is 19.7 Å². The second-order valence-electron chi connectivity index (χ2n) is 8.48. The van der Waals surface area contributed by atoms with Gasteiger partial charge in [0.2, 0.25) is 5.13 Å². The van der Waals surface area contributed by atoms with Crippen molar-refractivity contribution < 1.29 is 25.2 Å². The second kappa shape index (κ2) is 11.1. The second-order valence-corrected chi connectivity index (χ2v) is 10.4. The van der Waals surface area contributed by atoms with Gasteiger partial charge in [-0.3, -0.25) is 14.9 Å². The number of aromatic nitrogens is 4. The fourth-order valence-electron chi connectivity index (χ4n) is 3.62. The molecule has 0 radical (unpaired) electrons. The Morgan fingerprint density at radius 2 is 1.76 bits per heavy atom. The molecule has 4 aromatic rings. The Kier molecular flexibility index (Phi) is 8.11. The minimum atomic E-state index is -1.72. The third-order valence-electron chi connectivity index (χ3n) is 5.86. The Hall–Kier alpha value is -3.07. The average molecular weight is 590 g/mol. The number of aryl methyl sites for hydroxylation is 2. The number of aliphatic hydroxyl groups excluding tert-OH is 4. The molecular formula is C24H24BrN5O6S. The molecule has 5 N–H and O–H groups in total. The largest absolute Gasteiger partial charge is 0.394 e. The number of hydrogen-bond donors (Lipinski definition) is 5. The molecule has 0 bridgehead atoms. The van der Waals surface area contributed by atoms with Gasteiger partial charge in [0.15, 0.2) is 5.69 Å². The minimum absolute atomic E-state index is 0.164. The van der Waals surface area contributed by atoms with E-state index in [-0.39, 0.29) is 5.13 Å². The van der Waals surface area contributed by atoms with Crippen LogP contribution >= 0.6 is 27.3 Å². The lowest BCUT2D eigenvalue weighted by Crippen LogP contribution is -2.44. The van der Waals surface area contributed by atoms with Crippen molar-refractivity contribution in [3.05, 3.63) is 68.0 Å². The highest BCUT2D eigenvalue weighted by atomic mass is 79.9. The van der Waals surface area contributed by atoms with E-state index in [4.69, 9.17) is 5.11 Å². The van der Waals surface area contributed by atoms with Crippen LogP contribution in [0.2, 0.25) is 0 Å². The van der Waals surface area contributed by atoms with Gasteiger partial charge in [-0.05, 0) is 49.2 Å². The van der Waals surface area contributed by atoms with E-state index in [9.17, 15) is 24.9 Å². The molecule has 0 unspecified atom stereocenters. The smallest absolute Gasteiger partial charge is 0.282 e. The molecule has 0 aliphatic carbocycles. The molecule has 0 aliphatic rings. The van der Waals surface area contributed by atoms with Crippen molar-refractivity contribution in [1.29, 1.82) is 0 Å². The lowest BCUT2D eigenvalue weighted by molar-refractivity contribution is -0.0805. The van der Waals surface area contributed by atoms with Gasteiger partial charge >= 0.3 is 0 Å². The van der Waals surface area contributed by atoms with Crippen molar-refractivity contribution >= 4 is 49.3 Å². The normalized spacial score (nSPS) is 13.9. The highest BCUT2D eigenvalue weighted by molar-refractivity contribution is 9.10. The molecule has 0 saturated heterocycles. The third kappa shape index (κ3) is 5.76. The summed E-state index contributed by atoms with van der Waals surface area (Å²) in [6.07, 6.45) is -4.94. The number of hydrogen-bond acceptors (Lipinski definition) is 10. The summed E-state index contributed by atoms with van der Waals surface area (Å²) in [6.45, 7) is 2.46. The van der Waals surface area contributed by atoms with Crippen LogP contribution in [0.1, 0.15) is 21.6 Å². The summed E-state index contributed by atoms with van der Waals surface area (Å²) < 4.78 is 2.02. The highest BCUT2D eigenvalue weighted by Gasteiger charge is 2.27. The topological polar surface area (TPSA) is 171 Å². The molecule has 11 nitrogen and oxygen atoms in total. The van der Waals surface area contributed by atoms with Crippen LogP contribution in [-0.4, -0.2) is 71.0 Å². The Bertz CT molecular complexity index is 1510. The number of carbonyl (C=O) groups is 1. The number of amides is 1. The van der Waals surface area contributed by atoms with Gasteiger partial charge in [0.25, 0.3) is 11.5 Å². The first kappa shape index (κ1) is 27.0. The number of halogens is 1. The number of nitrogens with one attached hydrogen (secondary N) is 1. The molecule has 0 fully saturated rings. The SMILES string of the molecule is Cc1cc2nc(C(=O)Nc3nnc(-c4ccc(Br)cc4)s3)c(=O)n(C[C@H](O)[C@H](O)[C@H](O)CO)c2cc1C.